The molecular formula is C8H15N. The molecule has 1 N–H and O–H groups in total. The summed E-state index contributed by atoms with van der Waals surface area (Å²) in [5.74, 6) is 0. The van der Waals surface area contributed by atoms with Crippen LogP contribution in [0.5, 0.6) is 0 Å². The Hall–Kier alpha value is -0.460. The molecule has 1 rings (SSSR count). The number of hydrogen-bond donors (Lipinski definition) is 1. The van der Waals surface area contributed by atoms with Crippen molar-refractivity contribution in [2.75, 3.05) is 6.54 Å². The minimum Gasteiger partial charge on any atom is -0.391 e. The zero-order valence-electron chi connectivity index (χ0n) is 6.11. The van der Waals surface area contributed by atoms with Gasteiger partial charge in [0.2, 0.25) is 0 Å². The Bertz CT molecular complexity index is 105. The van der Waals surface area contributed by atoms with E-state index in [1.807, 2.05) is 0 Å². The van der Waals surface area contributed by atoms with E-state index in [2.05, 4.69) is 18.4 Å². The average Bonchev–Trinajstić information content (AvgIpc) is 2.34. The average molecular weight is 125 g/mol. The number of nitrogens with one attached hydrogen (secondary N) is 1. The van der Waals surface area contributed by atoms with Gasteiger partial charge in [0.05, 0.1) is 0 Å². The topological polar surface area (TPSA) is 12.0 Å². The summed E-state index contributed by atoms with van der Waals surface area (Å²) in [5.41, 5.74) is 1.61. The van der Waals surface area contributed by atoms with Crippen molar-refractivity contribution in [3.8, 4) is 0 Å². The molecule has 1 heteroatoms. The van der Waals surface area contributed by atoms with Crippen molar-refractivity contribution >= 4 is 0 Å². The van der Waals surface area contributed by atoms with Gasteiger partial charge in [-0.15, -0.1) is 0 Å². The normalized spacial score (nSPS) is 17.2. The summed E-state index contributed by atoms with van der Waals surface area (Å²) in [6, 6.07) is 0. The highest BCUT2D eigenvalue weighted by Gasteiger charge is 2.01. The van der Waals surface area contributed by atoms with Crippen molar-refractivity contribution in [1.82, 2.24) is 5.32 Å². The molecule has 0 aromatic carbocycles. The zero-order chi connectivity index (χ0) is 6.53. The van der Waals surface area contributed by atoms with Gasteiger partial charge in [-0.2, -0.15) is 0 Å². The summed E-state index contributed by atoms with van der Waals surface area (Å²) >= 11 is 0. The van der Waals surface area contributed by atoms with Gasteiger partial charge in [-0.3, -0.25) is 0 Å². The molecule has 1 nitrogen and oxygen atoms in total. The van der Waals surface area contributed by atoms with Gasteiger partial charge in [-0.1, -0.05) is 18.9 Å². The summed E-state index contributed by atoms with van der Waals surface area (Å²) in [6.07, 6.45) is 7.43. The van der Waals surface area contributed by atoms with Crippen LogP contribution in [0.2, 0.25) is 0 Å². The molecule has 0 radical (unpaired) electrons. The monoisotopic (exact) mass is 125 g/mol. The summed E-state index contributed by atoms with van der Waals surface area (Å²) in [6.45, 7) is 3.40. The third-order valence-electron chi connectivity index (χ3n) is 1.75. The van der Waals surface area contributed by atoms with Crippen molar-refractivity contribution in [3.05, 3.63) is 11.8 Å². The lowest BCUT2D eigenvalue weighted by Gasteiger charge is -1.95. The maximum absolute atomic E-state index is 3.22. The largest absolute Gasteiger partial charge is 0.391 e. The fourth-order valence-electron chi connectivity index (χ4n) is 1.12. The fourth-order valence-corrected chi connectivity index (χ4v) is 1.12. The molecule has 9 heavy (non-hydrogen) atoms. The van der Waals surface area contributed by atoms with E-state index in [1.165, 1.54) is 32.2 Å². The van der Waals surface area contributed by atoms with E-state index in [1.54, 1.807) is 5.57 Å². The highest BCUT2D eigenvalue weighted by atomic mass is 14.8. The van der Waals surface area contributed by atoms with Gasteiger partial charge in [-0.05, 0) is 25.5 Å². The molecule has 1 aliphatic heterocycles. The van der Waals surface area contributed by atoms with Gasteiger partial charge in [-0.25, -0.2) is 0 Å². The van der Waals surface area contributed by atoms with Gasteiger partial charge in [0.25, 0.3) is 0 Å². The SMILES string of the molecule is CCCCC1=CNCC1. The van der Waals surface area contributed by atoms with Gasteiger partial charge in [0.15, 0.2) is 0 Å². The van der Waals surface area contributed by atoms with Crippen LogP contribution < -0.4 is 5.32 Å². The van der Waals surface area contributed by atoms with Crippen molar-refractivity contribution in [1.29, 1.82) is 0 Å². The van der Waals surface area contributed by atoms with Gasteiger partial charge >= 0.3 is 0 Å². The molecule has 0 aliphatic carbocycles. The molecule has 1 heterocycles. The Kier molecular flexibility index (Phi) is 2.62. The smallest absolute Gasteiger partial charge is 0.0179 e. The Balaban J connectivity index is 2.11. The van der Waals surface area contributed by atoms with E-state index in [4.69, 9.17) is 0 Å². The lowest BCUT2D eigenvalue weighted by molar-refractivity contribution is 0.767. The molecule has 0 fully saturated rings. The van der Waals surface area contributed by atoms with Gasteiger partial charge < -0.3 is 5.32 Å². The lowest BCUT2D eigenvalue weighted by Crippen LogP contribution is -1.96. The predicted molar refractivity (Wildman–Crippen MR) is 40.2 cm³/mol. The molecule has 0 saturated carbocycles. The fraction of sp³-hybridized carbons (Fsp3) is 0.750. The summed E-state index contributed by atoms with van der Waals surface area (Å²) in [7, 11) is 0. The van der Waals surface area contributed by atoms with E-state index in [0.717, 1.165) is 0 Å². The Morgan fingerprint density at radius 2 is 2.56 bits per heavy atom. The molecule has 0 unspecified atom stereocenters. The number of hydrogen-bond acceptors (Lipinski definition) is 1. The first-order chi connectivity index (χ1) is 4.43. The summed E-state index contributed by atoms with van der Waals surface area (Å²) in [4.78, 5) is 0. The van der Waals surface area contributed by atoms with Crippen molar-refractivity contribution in [2.45, 2.75) is 32.6 Å². The minimum absolute atomic E-state index is 1.17. The van der Waals surface area contributed by atoms with Crippen LogP contribution in [0.4, 0.5) is 0 Å². The Morgan fingerprint density at radius 1 is 1.67 bits per heavy atom. The molecule has 0 bridgehead atoms. The maximum Gasteiger partial charge on any atom is 0.0179 e. The molecule has 0 saturated heterocycles. The Labute approximate surface area is 57.1 Å². The van der Waals surface area contributed by atoms with Gasteiger partial charge in [0.1, 0.15) is 0 Å². The first-order valence-corrected chi connectivity index (χ1v) is 3.85. The van der Waals surface area contributed by atoms with Crippen LogP contribution in [0.15, 0.2) is 11.8 Å². The molecule has 0 atom stereocenters. The molecule has 0 aromatic rings. The van der Waals surface area contributed by atoms with E-state index < -0.39 is 0 Å². The standard InChI is InChI=1S/C8H15N/c1-2-3-4-8-5-6-9-7-8/h7,9H,2-6H2,1H3. The highest BCUT2D eigenvalue weighted by molar-refractivity contribution is 5.06. The minimum atomic E-state index is 1.17. The highest BCUT2D eigenvalue weighted by Crippen LogP contribution is 2.12. The summed E-state index contributed by atoms with van der Waals surface area (Å²) in [5, 5.41) is 3.22. The molecule has 52 valence electrons. The van der Waals surface area contributed by atoms with Crippen LogP contribution in [-0.4, -0.2) is 6.54 Å². The number of unbranched alkanes of at least 4 members (excludes halogenated alkanes) is 1. The van der Waals surface area contributed by atoms with E-state index in [0.29, 0.717) is 0 Å². The van der Waals surface area contributed by atoms with Crippen LogP contribution in [0.3, 0.4) is 0 Å². The number of rotatable bonds is 3. The maximum atomic E-state index is 3.22. The third-order valence-corrected chi connectivity index (χ3v) is 1.75. The molecular weight excluding hydrogens is 110 g/mol. The van der Waals surface area contributed by atoms with Crippen LogP contribution in [0, 0.1) is 0 Å². The molecule has 0 amide bonds. The predicted octanol–water partition coefficient (Wildman–Crippen LogP) is 2.05. The second-order valence-electron chi connectivity index (χ2n) is 2.61. The first kappa shape index (κ1) is 6.66. The zero-order valence-corrected chi connectivity index (χ0v) is 6.11. The van der Waals surface area contributed by atoms with Crippen LogP contribution >= 0.6 is 0 Å². The quantitative estimate of drug-likeness (QED) is 0.608. The van der Waals surface area contributed by atoms with E-state index in [9.17, 15) is 0 Å². The van der Waals surface area contributed by atoms with Crippen LogP contribution in [0.25, 0.3) is 0 Å². The van der Waals surface area contributed by atoms with Crippen molar-refractivity contribution in [2.24, 2.45) is 0 Å². The molecule has 0 spiro atoms. The van der Waals surface area contributed by atoms with E-state index in [-0.39, 0.29) is 0 Å². The first-order valence-electron chi connectivity index (χ1n) is 3.85. The van der Waals surface area contributed by atoms with Crippen molar-refractivity contribution in [3.63, 3.8) is 0 Å². The second-order valence-corrected chi connectivity index (χ2v) is 2.61. The lowest BCUT2D eigenvalue weighted by atomic mass is 10.1. The molecule has 0 aromatic heterocycles. The summed E-state index contributed by atoms with van der Waals surface area (Å²) < 4.78 is 0. The van der Waals surface area contributed by atoms with Crippen LogP contribution in [-0.2, 0) is 0 Å². The molecule has 1 aliphatic rings. The van der Waals surface area contributed by atoms with Crippen LogP contribution in [0.1, 0.15) is 32.6 Å². The van der Waals surface area contributed by atoms with Crippen molar-refractivity contribution < 1.29 is 0 Å². The van der Waals surface area contributed by atoms with E-state index >= 15 is 0 Å². The Morgan fingerprint density at radius 3 is 3.11 bits per heavy atom. The van der Waals surface area contributed by atoms with Gasteiger partial charge in [0, 0.05) is 6.54 Å². The second kappa shape index (κ2) is 3.54. The third kappa shape index (κ3) is 2.08.